The molecule has 3 aromatic heterocycles. The first-order valence-corrected chi connectivity index (χ1v) is 13.0. The number of benzene rings is 2. The molecule has 1 aliphatic rings. The number of nitrogens with zero attached hydrogens (tertiary/aromatic N) is 5. The molecule has 202 valence electrons. The molecule has 6 rings (SSSR count). The molecule has 2 aromatic carbocycles. The molecule has 0 spiro atoms. The minimum atomic E-state index is -2.87. The highest BCUT2D eigenvalue weighted by molar-refractivity contribution is 5.92. The summed E-state index contributed by atoms with van der Waals surface area (Å²) in [5, 5.41) is 10.0. The third-order valence-corrected chi connectivity index (χ3v) is 7.70. The largest absolute Gasteiger partial charge is 0.435 e. The van der Waals surface area contributed by atoms with E-state index in [1.54, 1.807) is 30.6 Å². The van der Waals surface area contributed by atoms with Gasteiger partial charge < -0.3 is 19.6 Å². The zero-order valence-corrected chi connectivity index (χ0v) is 22.1. The predicted molar refractivity (Wildman–Crippen MR) is 148 cm³/mol. The van der Waals surface area contributed by atoms with Crippen molar-refractivity contribution in [1.29, 1.82) is 5.26 Å². The van der Waals surface area contributed by atoms with Gasteiger partial charge in [-0.2, -0.15) is 14.0 Å². The van der Waals surface area contributed by atoms with Gasteiger partial charge in [0.15, 0.2) is 0 Å². The summed E-state index contributed by atoms with van der Waals surface area (Å²) in [6, 6.07) is 18.3. The van der Waals surface area contributed by atoms with Crippen molar-refractivity contribution in [2.75, 3.05) is 18.0 Å². The Bertz CT molecular complexity index is 1710. The number of ether oxygens (including phenoxy) is 1. The normalized spacial score (nSPS) is 14.9. The van der Waals surface area contributed by atoms with E-state index in [1.165, 1.54) is 6.07 Å². The molecule has 1 saturated heterocycles. The van der Waals surface area contributed by atoms with Gasteiger partial charge >= 0.3 is 6.61 Å². The van der Waals surface area contributed by atoms with Crippen LogP contribution in [-0.2, 0) is 5.41 Å². The van der Waals surface area contributed by atoms with Crippen LogP contribution >= 0.6 is 0 Å². The number of rotatable bonds is 6. The highest BCUT2D eigenvalue weighted by Crippen LogP contribution is 2.38. The second-order valence-corrected chi connectivity index (χ2v) is 10.3. The molecule has 0 bridgehead atoms. The fraction of sp³-hybridized carbons (Fsp3) is 0.267. The van der Waals surface area contributed by atoms with Gasteiger partial charge in [0.05, 0.1) is 28.4 Å². The van der Waals surface area contributed by atoms with E-state index in [4.69, 9.17) is 10.2 Å². The van der Waals surface area contributed by atoms with Crippen molar-refractivity contribution in [1.82, 2.24) is 24.9 Å². The van der Waals surface area contributed by atoms with Crippen molar-refractivity contribution in [2.45, 2.75) is 38.7 Å². The third kappa shape index (κ3) is 4.75. The summed E-state index contributed by atoms with van der Waals surface area (Å²) >= 11 is 0. The van der Waals surface area contributed by atoms with Crippen molar-refractivity contribution < 1.29 is 13.5 Å². The highest BCUT2D eigenvalue weighted by Gasteiger charge is 2.36. The van der Waals surface area contributed by atoms with Crippen LogP contribution in [0.3, 0.4) is 0 Å². The fourth-order valence-electron chi connectivity index (χ4n) is 5.36. The molecule has 4 heterocycles. The number of anilines is 1. The van der Waals surface area contributed by atoms with E-state index in [0.717, 1.165) is 76.8 Å². The second kappa shape index (κ2) is 10.1. The molecule has 1 aliphatic heterocycles. The van der Waals surface area contributed by atoms with E-state index in [-0.39, 0.29) is 11.2 Å². The lowest BCUT2D eigenvalue weighted by molar-refractivity contribution is -0.0498. The lowest BCUT2D eigenvalue weighted by Gasteiger charge is -2.38. The van der Waals surface area contributed by atoms with Gasteiger partial charge in [-0.05, 0) is 55.7 Å². The Morgan fingerprint density at radius 3 is 2.52 bits per heavy atom. The average molecular weight is 540 g/mol. The van der Waals surface area contributed by atoms with Gasteiger partial charge in [0.2, 0.25) is 0 Å². The van der Waals surface area contributed by atoms with Crippen LogP contribution in [0.5, 0.6) is 5.75 Å². The highest BCUT2D eigenvalue weighted by atomic mass is 19.3. The maximum atomic E-state index is 12.7. The van der Waals surface area contributed by atoms with Gasteiger partial charge in [0, 0.05) is 29.8 Å². The Morgan fingerprint density at radius 2 is 1.80 bits per heavy atom. The molecule has 2 N–H and O–H groups in total. The first kappa shape index (κ1) is 25.5. The summed E-state index contributed by atoms with van der Waals surface area (Å²) in [4.78, 5) is 23.1. The first-order valence-electron chi connectivity index (χ1n) is 13.0. The number of aromatic nitrogens is 5. The van der Waals surface area contributed by atoms with E-state index in [9.17, 15) is 8.78 Å². The zero-order chi connectivity index (χ0) is 27.9. The minimum absolute atomic E-state index is 0.117. The second-order valence-electron chi connectivity index (χ2n) is 10.3. The molecule has 0 saturated carbocycles. The molecule has 8 nitrogen and oxygen atoms in total. The van der Waals surface area contributed by atoms with E-state index < -0.39 is 6.61 Å². The maximum Gasteiger partial charge on any atom is 0.387 e. The van der Waals surface area contributed by atoms with Crippen molar-refractivity contribution in [3.05, 3.63) is 78.0 Å². The predicted octanol–water partition coefficient (Wildman–Crippen LogP) is 6.35. The number of fused-ring (bicyclic) bond motifs is 1. The molecule has 0 aliphatic carbocycles. The summed E-state index contributed by atoms with van der Waals surface area (Å²) in [5.41, 5.74) is 5.46. The fourth-order valence-corrected chi connectivity index (χ4v) is 5.36. The van der Waals surface area contributed by atoms with Crippen LogP contribution in [0.15, 0.2) is 60.9 Å². The van der Waals surface area contributed by atoms with Gasteiger partial charge in [-0.25, -0.2) is 15.0 Å². The van der Waals surface area contributed by atoms with Gasteiger partial charge in [-0.1, -0.05) is 31.2 Å². The monoisotopic (exact) mass is 539 g/mol. The standard InChI is InChI=1S/C30H27F2N7O/c1-18-25(21-4-3-5-22(14-21)40-29(31)32)38-28(36-18)30(2)10-12-39(13-11-30)27-23-15-24(37-26(23)34-17-35-27)20-8-6-19(16-33)7-9-20/h3-9,14-15,17,29H,10-13H2,1-2H3,(H,36,38)(H,34,35,37). The number of H-pyrrole nitrogens is 2. The maximum absolute atomic E-state index is 12.7. The van der Waals surface area contributed by atoms with Crippen LogP contribution in [0.1, 0.15) is 36.8 Å². The van der Waals surface area contributed by atoms with Crippen LogP contribution in [-0.4, -0.2) is 44.6 Å². The summed E-state index contributed by atoms with van der Waals surface area (Å²) in [7, 11) is 0. The van der Waals surface area contributed by atoms with Crippen LogP contribution in [0, 0.1) is 18.3 Å². The number of nitriles is 1. The molecule has 0 radical (unpaired) electrons. The number of piperidine rings is 1. The number of halogens is 2. The van der Waals surface area contributed by atoms with Crippen molar-refractivity contribution in [3.63, 3.8) is 0 Å². The Morgan fingerprint density at radius 1 is 1.02 bits per heavy atom. The van der Waals surface area contributed by atoms with E-state index in [0.29, 0.717) is 5.56 Å². The lowest BCUT2D eigenvalue weighted by atomic mass is 9.79. The van der Waals surface area contributed by atoms with E-state index in [1.807, 2.05) is 25.1 Å². The molecule has 0 unspecified atom stereocenters. The Balaban J connectivity index is 1.22. The number of aromatic amines is 2. The van der Waals surface area contributed by atoms with Gasteiger partial charge in [0.25, 0.3) is 0 Å². The number of alkyl halides is 2. The molecular weight excluding hydrogens is 512 g/mol. The Kier molecular flexibility index (Phi) is 6.42. The number of hydrogen-bond donors (Lipinski definition) is 2. The number of nitrogens with one attached hydrogen (secondary N) is 2. The van der Waals surface area contributed by atoms with Crippen molar-refractivity contribution in [3.8, 4) is 34.3 Å². The van der Waals surface area contributed by atoms with E-state index >= 15 is 0 Å². The average Bonchev–Trinajstić information content (AvgIpc) is 3.58. The van der Waals surface area contributed by atoms with Gasteiger partial charge in [-0.15, -0.1) is 0 Å². The molecule has 40 heavy (non-hydrogen) atoms. The molecule has 10 heteroatoms. The summed E-state index contributed by atoms with van der Waals surface area (Å²) in [6.45, 7) is 2.82. The van der Waals surface area contributed by atoms with E-state index in [2.05, 4.69) is 48.6 Å². The molecular formula is C30H27F2N7O. The van der Waals surface area contributed by atoms with Crippen molar-refractivity contribution in [2.24, 2.45) is 0 Å². The molecule has 1 fully saturated rings. The van der Waals surface area contributed by atoms with Crippen LogP contribution in [0.4, 0.5) is 14.6 Å². The zero-order valence-electron chi connectivity index (χ0n) is 22.1. The number of aryl methyl sites for hydroxylation is 1. The lowest BCUT2D eigenvalue weighted by Crippen LogP contribution is -2.42. The van der Waals surface area contributed by atoms with Crippen molar-refractivity contribution >= 4 is 16.9 Å². The van der Waals surface area contributed by atoms with Gasteiger partial charge in [-0.3, -0.25) is 0 Å². The third-order valence-electron chi connectivity index (χ3n) is 7.70. The molecule has 0 amide bonds. The SMILES string of the molecule is Cc1nc(C2(C)CCN(c3ncnc4[nH]c(-c5ccc(C#N)cc5)cc34)CC2)[nH]c1-c1cccc(OC(F)F)c1. The smallest absolute Gasteiger partial charge is 0.387 e. The minimum Gasteiger partial charge on any atom is -0.435 e. The van der Waals surface area contributed by atoms with Crippen LogP contribution in [0.2, 0.25) is 0 Å². The Hall–Kier alpha value is -4.78. The summed E-state index contributed by atoms with van der Waals surface area (Å²) in [6.07, 6.45) is 3.29. The quantitative estimate of drug-likeness (QED) is 0.260. The van der Waals surface area contributed by atoms with Crippen LogP contribution < -0.4 is 9.64 Å². The number of imidazole rings is 1. The molecule has 0 atom stereocenters. The van der Waals surface area contributed by atoms with Gasteiger partial charge in [0.1, 0.15) is 29.4 Å². The first-order chi connectivity index (χ1) is 19.3. The summed E-state index contributed by atoms with van der Waals surface area (Å²) < 4.78 is 30.0. The molecule has 5 aromatic rings. The Labute approximate surface area is 229 Å². The van der Waals surface area contributed by atoms with Crippen LogP contribution in [0.25, 0.3) is 33.5 Å². The number of hydrogen-bond acceptors (Lipinski definition) is 6. The topological polar surface area (TPSA) is 107 Å². The summed E-state index contributed by atoms with van der Waals surface area (Å²) in [5.74, 6) is 1.89.